The van der Waals surface area contributed by atoms with Crippen molar-refractivity contribution in [2.45, 2.75) is 20.8 Å². The summed E-state index contributed by atoms with van der Waals surface area (Å²) >= 11 is 3.20. The van der Waals surface area contributed by atoms with E-state index in [9.17, 15) is 12.8 Å². The van der Waals surface area contributed by atoms with E-state index in [0.29, 0.717) is 10.2 Å². The molecule has 0 radical (unpaired) electrons. The third-order valence-electron chi connectivity index (χ3n) is 2.96. The Labute approximate surface area is 132 Å². The van der Waals surface area contributed by atoms with Gasteiger partial charge in [-0.25, -0.2) is 12.8 Å². The van der Waals surface area contributed by atoms with E-state index in [2.05, 4.69) is 15.9 Å². The molecule has 0 aliphatic heterocycles. The lowest BCUT2D eigenvalue weighted by Crippen LogP contribution is -2.31. The van der Waals surface area contributed by atoms with Crippen molar-refractivity contribution in [1.29, 1.82) is 0 Å². The van der Waals surface area contributed by atoms with Crippen LogP contribution in [0.1, 0.15) is 20.8 Å². The van der Waals surface area contributed by atoms with Gasteiger partial charge in [-0.2, -0.15) is 0 Å². The lowest BCUT2D eigenvalue weighted by Gasteiger charge is -2.29. The van der Waals surface area contributed by atoms with E-state index in [1.165, 1.54) is 18.2 Å². The molecular weight excluding hydrogens is 371 g/mol. The van der Waals surface area contributed by atoms with Gasteiger partial charge in [0.25, 0.3) is 0 Å². The van der Waals surface area contributed by atoms with Crippen molar-refractivity contribution >= 4 is 35.7 Å². The van der Waals surface area contributed by atoms with Gasteiger partial charge in [0.2, 0.25) is 9.05 Å². The summed E-state index contributed by atoms with van der Waals surface area (Å²) < 4.78 is 41.6. The van der Waals surface area contributed by atoms with Crippen LogP contribution in [0.3, 0.4) is 0 Å². The van der Waals surface area contributed by atoms with Crippen LogP contribution in [0, 0.1) is 17.2 Å². The second kappa shape index (κ2) is 6.62. The highest BCUT2D eigenvalue weighted by molar-refractivity contribution is 9.10. The van der Waals surface area contributed by atoms with E-state index >= 15 is 0 Å². The first kappa shape index (κ1) is 17.7. The SMILES string of the molecule is CC(C)(C)C(COc1ccc(F)cc1Br)CS(=O)(=O)Cl. The molecule has 3 nitrogen and oxygen atoms in total. The van der Waals surface area contributed by atoms with Crippen molar-refractivity contribution in [3.8, 4) is 5.75 Å². The van der Waals surface area contributed by atoms with Gasteiger partial charge in [0.1, 0.15) is 11.6 Å². The topological polar surface area (TPSA) is 43.4 Å². The summed E-state index contributed by atoms with van der Waals surface area (Å²) in [6.45, 7) is 5.94. The molecule has 0 fully saturated rings. The summed E-state index contributed by atoms with van der Waals surface area (Å²) in [5.41, 5.74) is -0.283. The van der Waals surface area contributed by atoms with E-state index in [4.69, 9.17) is 15.4 Å². The zero-order valence-corrected chi connectivity index (χ0v) is 14.6. The molecule has 0 amide bonds. The van der Waals surface area contributed by atoms with Gasteiger partial charge in [-0.15, -0.1) is 0 Å². The molecule has 1 rings (SSSR count). The summed E-state index contributed by atoms with van der Waals surface area (Å²) in [6, 6.07) is 4.07. The van der Waals surface area contributed by atoms with Gasteiger partial charge in [0.05, 0.1) is 16.8 Å². The van der Waals surface area contributed by atoms with Crippen molar-refractivity contribution in [3.63, 3.8) is 0 Å². The molecule has 0 aliphatic carbocycles. The predicted molar refractivity (Wildman–Crippen MR) is 82.2 cm³/mol. The molecule has 0 saturated heterocycles. The van der Waals surface area contributed by atoms with E-state index < -0.39 is 9.05 Å². The Kier molecular flexibility index (Phi) is 5.87. The molecule has 7 heteroatoms. The van der Waals surface area contributed by atoms with Crippen molar-refractivity contribution in [2.75, 3.05) is 12.4 Å². The molecule has 0 saturated carbocycles. The fourth-order valence-corrected chi connectivity index (χ4v) is 3.57. The van der Waals surface area contributed by atoms with Crippen LogP contribution in [0.15, 0.2) is 22.7 Å². The highest BCUT2D eigenvalue weighted by Crippen LogP contribution is 2.31. The lowest BCUT2D eigenvalue weighted by atomic mass is 9.82. The molecule has 1 atom stereocenters. The summed E-state index contributed by atoms with van der Waals surface area (Å²) in [4.78, 5) is 0. The average molecular weight is 388 g/mol. The average Bonchev–Trinajstić information content (AvgIpc) is 2.23. The van der Waals surface area contributed by atoms with E-state index in [-0.39, 0.29) is 29.5 Å². The normalized spacial score (nSPS) is 14.1. The first-order chi connectivity index (χ1) is 8.99. The van der Waals surface area contributed by atoms with Crippen LogP contribution < -0.4 is 4.74 Å². The molecule has 0 aromatic heterocycles. The van der Waals surface area contributed by atoms with Crippen molar-refractivity contribution < 1.29 is 17.5 Å². The summed E-state index contributed by atoms with van der Waals surface area (Å²) in [5, 5.41) is 0. The minimum atomic E-state index is -3.61. The first-order valence-electron chi connectivity index (χ1n) is 5.99. The standard InChI is InChI=1S/C13H17BrClFO3S/c1-13(2,3)9(8-20(15,17)18)7-19-12-5-4-10(16)6-11(12)14/h4-6,9H,7-8H2,1-3H3. The van der Waals surface area contributed by atoms with Crippen LogP contribution in [0.5, 0.6) is 5.75 Å². The number of ether oxygens (including phenoxy) is 1. The Morgan fingerprint density at radius 3 is 2.45 bits per heavy atom. The van der Waals surface area contributed by atoms with E-state index in [0.717, 1.165) is 0 Å². The number of halogens is 3. The molecule has 1 aromatic carbocycles. The van der Waals surface area contributed by atoms with Gasteiger partial charge >= 0.3 is 0 Å². The number of hydrogen-bond acceptors (Lipinski definition) is 3. The maximum atomic E-state index is 13.0. The Bertz CT molecular complexity index is 569. The molecule has 0 heterocycles. The molecule has 0 bridgehead atoms. The lowest BCUT2D eigenvalue weighted by molar-refractivity contribution is 0.163. The Hall–Kier alpha value is -0.330. The summed E-state index contributed by atoms with van der Waals surface area (Å²) in [6.07, 6.45) is 0. The Morgan fingerprint density at radius 1 is 1.40 bits per heavy atom. The van der Waals surface area contributed by atoms with Crippen LogP contribution in [0.2, 0.25) is 0 Å². The highest BCUT2D eigenvalue weighted by atomic mass is 79.9. The van der Waals surface area contributed by atoms with Crippen LogP contribution >= 0.6 is 26.6 Å². The van der Waals surface area contributed by atoms with Gasteiger partial charge < -0.3 is 4.74 Å². The quantitative estimate of drug-likeness (QED) is 0.711. The molecule has 1 unspecified atom stereocenters. The minimum Gasteiger partial charge on any atom is -0.492 e. The van der Waals surface area contributed by atoms with Crippen molar-refractivity contribution in [3.05, 3.63) is 28.5 Å². The van der Waals surface area contributed by atoms with Gasteiger partial charge in [-0.05, 0) is 39.5 Å². The molecule has 114 valence electrons. The number of benzene rings is 1. The fourth-order valence-electron chi connectivity index (χ4n) is 1.57. The zero-order chi connectivity index (χ0) is 15.6. The Balaban J connectivity index is 2.81. The van der Waals surface area contributed by atoms with Gasteiger partial charge in [-0.3, -0.25) is 0 Å². The van der Waals surface area contributed by atoms with Crippen LogP contribution in [0.4, 0.5) is 4.39 Å². The molecule has 20 heavy (non-hydrogen) atoms. The third kappa shape index (κ3) is 5.97. The summed E-state index contributed by atoms with van der Waals surface area (Å²) in [5.74, 6) is -0.355. The molecule has 0 spiro atoms. The monoisotopic (exact) mass is 386 g/mol. The maximum Gasteiger partial charge on any atom is 0.233 e. The summed E-state index contributed by atoms with van der Waals surface area (Å²) in [7, 11) is 1.72. The van der Waals surface area contributed by atoms with Crippen molar-refractivity contribution in [2.24, 2.45) is 11.3 Å². The molecule has 0 aliphatic rings. The smallest absolute Gasteiger partial charge is 0.233 e. The van der Waals surface area contributed by atoms with Crippen LogP contribution in [0.25, 0.3) is 0 Å². The second-order valence-electron chi connectivity index (χ2n) is 5.65. The fraction of sp³-hybridized carbons (Fsp3) is 0.538. The molecule has 0 N–H and O–H groups in total. The minimum absolute atomic E-state index is 0.170. The number of hydrogen-bond donors (Lipinski definition) is 0. The molecular formula is C13H17BrClFO3S. The van der Waals surface area contributed by atoms with Gasteiger partial charge in [0, 0.05) is 16.6 Å². The first-order valence-corrected chi connectivity index (χ1v) is 9.26. The van der Waals surface area contributed by atoms with Crippen LogP contribution in [-0.4, -0.2) is 20.8 Å². The van der Waals surface area contributed by atoms with Crippen molar-refractivity contribution in [1.82, 2.24) is 0 Å². The molecule has 1 aromatic rings. The van der Waals surface area contributed by atoms with E-state index in [1.54, 1.807) is 0 Å². The highest BCUT2D eigenvalue weighted by Gasteiger charge is 2.29. The van der Waals surface area contributed by atoms with Gasteiger partial charge in [0.15, 0.2) is 0 Å². The van der Waals surface area contributed by atoms with Crippen LogP contribution in [-0.2, 0) is 9.05 Å². The second-order valence-corrected chi connectivity index (χ2v) is 9.33. The predicted octanol–water partition coefficient (Wildman–Crippen LogP) is 4.20. The zero-order valence-electron chi connectivity index (χ0n) is 11.5. The third-order valence-corrected chi connectivity index (χ3v) is 4.76. The number of rotatable bonds is 5. The Morgan fingerprint density at radius 2 is 2.00 bits per heavy atom. The largest absolute Gasteiger partial charge is 0.492 e. The van der Waals surface area contributed by atoms with Gasteiger partial charge in [-0.1, -0.05) is 20.8 Å². The van der Waals surface area contributed by atoms with E-state index in [1.807, 2.05) is 20.8 Å². The maximum absolute atomic E-state index is 13.0.